The maximum Gasteiger partial charge on any atom is 0.322 e. The van der Waals surface area contributed by atoms with Crippen molar-refractivity contribution in [3.05, 3.63) is 48.0 Å². The van der Waals surface area contributed by atoms with Crippen molar-refractivity contribution in [3.63, 3.8) is 0 Å². The molecule has 2 aliphatic rings. The number of ether oxygens (including phenoxy) is 3. The minimum absolute atomic E-state index is 0.123. The monoisotopic (exact) mass is 439 g/mol. The van der Waals surface area contributed by atoms with Crippen molar-refractivity contribution in [2.45, 2.75) is 45.2 Å². The van der Waals surface area contributed by atoms with Crippen LogP contribution in [0.1, 0.15) is 38.2 Å². The van der Waals surface area contributed by atoms with Crippen molar-refractivity contribution in [2.75, 3.05) is 38.9 Å². The number of carbonyl (C=O) groups excluding carboxylic acids is 1. The Morgan fingerprint density at radius 2 is 2.06 bits per heavy atom. The SMILES string of the molecule is COc1cccc(NC(=O)N(CCCN2CCCCC2C)Cc2ccc3c(c2)OCO3)c1. The molecule has 2 aliphatic heterocycles. The molecular formula is C25H33N3O4. The Bertz CT molecular complexity index is 920. The van der Waals surface area contributed by atoms with Crippen LogP contribution in [-0.4, -0.2) is 55.4 Å². The number of hydrogen-bond donors (Lipinski definition) is 1. The van der Waals surface area contributed by atoms with Crippen LogP contribution in [0.4, 0.5) is 10.5 Å². The number of methoxy groups -OCH3 is 1. The number of anilines is 1. The van der Waals surface area contributed by atoms with Gasteiger partial charge in [-0.3, -0.25) is 0 Å². The summed E-state index contributed by atoms with van der Waals surface area (Å²) in [7, 11) is 1.62. The van der Waals surface area contributed by atoms with E-state index in [0.717, 1.165) is 42.3 Å². The molecule has 7 nitrogen and oxygen atoms in total. The van der Waals surface area contributed by atoms with Crippen LogP contribution in [0.15, 0.2) is 42.5 Å². The van der Waals surface area contributed by atoms with Gasteiger partial charge < -0.3 is 29.3 Å². The first-order valence-electron chi connectivity index (χ1n) is 11.4. The normalized spacial score (nSPS) is 17.8. The highest BCUT2D eigenvalue weighted by Gasteiger charge is 2.20. The van der Waals surface area contributed by atoms with E-state index in [4.69, 9.17) is 14.2 Å². The summed E-state index contributed by atoms with van der Waals surface area (Å²) >= 11 is 0. The molecule has 1 N–H and O–H groups in total. The summed E-state index contributed by atoms with van der Waals surface area (Å²) in [5, 5.41) is 3.02. The fourth-order valence-electron chi connectivity index (χ4n) is 4.37. The molecule has 2 heterocycles. The van der Waals surface area contributed by atoms with Crippen LogP contribution in [0.25, 0.3) is 0 Å². The third-order valence-electron chi connectivity index (χ3n) is 6.23. The quantitative estimate of drug-likeness (QED) is 0.645. The van der Waals surface area contributed by atoms with Gasteiger partial charge in [0.05, 0.1) is 7.11 Å². The molecule has 0 aliphatic carbocycles. The van der Waals surface area contributed by atoms with E-state index < -0.39 is 0 Å². The molecule has 0 aromatic heterocycles. The fraction of sp³-hybridized carbons (Fsp3) is 0.480. The number of piperidine rings is 1. The van der Waals surface area contributed by atoms with E-state index in [9.17, 15) is 4.79 Å². The second-order valence-corrected chi connectivity index (χ2v) is 8.51. The largest absolute Gasteiger partial charge is 0.497 e. The molecule has 1 unspecified atom stereocenters. The van der Waals surface area contributed by atoms with Crippen LogP contribution in [0.3, 0.4) is 0 Å². The van der Waals surface area contributed by atoms with E-state index in [2.05, 4.69) is 17.1 Å². The predicted octanol–water partition coefficient (Wildman–Crippen LogP) is 4.72. The van der Waals surface area contributed by atoms with Gasteiger partial charge in [-0.1, -0.05) is 18.6 Å². The molecule has 4 rings (SSSR count). The molecule has 2 aromatic rings. The lowest BCUT2D eigenvalue weighted by Gasteiger charge is -2.34. The summed E-state index contributed by atoms with van der Waals surface area (Å²) in [6.45, 7) is 5.88. The van der Waals surface area contributed by atoms with E-state index >= 15 is 0 Å². The third-order valence-corrected chi connectivity index (χ3v) is 6.23. The van der Waals surface area contributed by atoms with Crippen LogP contribution in [0.2, 0.25) is 0 Å². The van der Waals surface area contributed by atoms with Gasteiger partial charge in [0, 0.05) is 37.4 Å². The molecule has 0 saturated carbocycles. The first kappa shape index (κ1) is 22.3. The van der Waals surface area contributed by atoms with Crippen molar-refractivity contribution in [3.8, 4) is 17.2 Å². The predicted molar refractivity (Wildman–Crippen MR) is 124 cm³/mol. The van der Waals surface area contributed by atoms with Crippen LogP contribution in [0.5, 0.6) is 17.2 Å². The highest BCUT2D eigenvalue weighted by atomic mass is 16.7. The van der Waals surface area contributed by atoms with Gasteiger partial charge in [-0.25, -0.2) is 4.79 Å². The maximum absolute atomic E-state index is 13.2. The van der Waals surface area contributed by atoms with E-state index in [0.29, 0.717) is 24.9 Å². The second kappa shape index (κ2) is 10.6. The van der Waals surface area contributed by atoms with Gasteiger partial charge in [0.1, 0.15) is 5.75 Å². The van der Waals surface area contributed by atoms with Gasteiger partial charge in [0.25, 0.3) is 0 Å². The minimum Gasteiger partial charge on any atom is -0.497 e. The number of nitrogens with zero attached hydrogens (tertiary/aromatic N) is 2. The average molecular weight is 440 g/mol. The first-order valence-corrected chi connectivity index (χ1v) is 11.4. The first-order chi connectivity index (χ1) is 15.6. The van der Waals surface area contributed by atoms with Gasteiger partial charge in [-0.15, -0.1) is 0 Å². The third kappa shape index (κ3) is 5.65. The van der Waals surface area contributed by atoms with Gasteiger partial charge >= 0.3 is 6.03 Å². The summed E-state index contributed by atoms with van der Waals surface area (Å²) in [5.41, 5.74) is 1.73. The molecule has 2 amide bonds. The van der Waals surface area contributed by atoms with E-state index in [1.54, 1.807) is 7.11 Å². The molecule has 7 heteroatoms. The van der Waals surface area contributed by atoms with Gasteiger partial charge in [0.15, 0.2) is 11.5 Å². The maximum atomic E-state index is 13.2. The number of hydrogen-bond acceptors (Lipinski definition) is 5. The summed E-state index contributed by atoms with van der Waals surface area (Å²) in [5.74, 6) is 2.20. The number of amides is 2. The zero-order valence-electron chi connectivity index (χ0n) is 19.0. The van der Waals surface area contributed by atoms with E-state index in [1.807, 2.05) is 47.4 Å². The van der Waals surface area contributed by atoms with Crippen molar-refractivity contribution in [1.29, 1.82) is 0 Å². The number of fused-ring (bicyclic) bond motifs is 1. The summed E-state index contributed by atoms with van der Waals surface area (Å²) < 4.78 is 16.2. The lowest BCUT2D eigenvalue weighted by molar-refractivity contribution is 0.150. The summed E-state index contributed by atoms with van der Waals surface area (Å²) in [6, 6.07) is 13.8. The zero-order chi connectivity index (χ0) is 22.3. The minimum atomic E-state index is -0.123. The van der Waals surface area contributed by atoms with Crippen molar-refractivity contribution in [1.82, 2.24) is 9.80 Å². The summed E-state index contributed by atoms with van der Waals surface area (Å²) in [4.78, 5) is 17.6. The standard InChI is InChI=1S/C25H33N3O4/c1-19-7-3-4-12-27(19)13-6-14-28(17-20-10-11-23-24(15-20)32-18-31-23)25(29)26-21-8-5-9-22(16-21)30-2/h5,8-11,15-16,19H,3-4,6-7,12-14,17-18H2,1-2H3,(H,26,29). The van der Waals surface area contributed by atoms with E-state index in [-0.39, 0.29) is 12.8 Å². The number of urea groups is 1. The van der Waals surface area contributed by atoms with Crippen molar-refractivity contribution < 1.29 is 19.0 Å². The van der Waals surface area contributed by atoms with Gasteiger partial charge in [0.2, 0.25) is 6.79 Å². The molecule has 32 heavy (non-hydrogen) atoms. The fourth-order valence-corrected chi connectivity index (χ4v) is 4.37. The molecule has 0 spiro atoms. The molecule has 0 radical (unpaired) electrons. The van der Waals surface area contributed by atoms with Crippen LogP contribution >= 0.6 is 0 Å². The Morgan fingerprint density at radius 3 is 2.91 bits per heavy atom. The lowest BCUT2D eigenvalue weighted by Crippen LogP contribution is -2.40. The second-order valence-electron chi connectivity index (χ2n) is 8.51. The average Bonchev–Trinajstić information content (AvgIpc) is 3.27. The van der Waals surface area contributed by atoms with Crippen LogP contribution in [0, 0.1) is 0 Å². The molecule has 1 fully saturated rings. The molecular weight excluding hydrogens is 406 g/mol. The van der Waals surface area contributed by atoms with Crippen molar-refractivity contribution in [2.24, 2.45) is 0 Å². The Morgan fingerprint density at radius 1 is 1.19 bits per heavy atom. The molecule has 1 atom stereocenters. The molecule has 1 saturated heterocycles. The number of rotatable bonds is 8. The Balaban J connectivity index is 1.42. The van der Waals surface area contributed by atoms with Crippen LogP contribution in [-0.2, 0) is 6.54 Å². The Kier molecular flexibility index (Phi) is 7.37. The van der Waals surface area contributed by atoms with Crippen LogP contribution < -0.4 is 19.5 Å². The number of benzene rings is 2. The molecule has 172 valence electrons. The number of carbonyl (C=O) groups is 1. The molecule has 2 aromatic carbocycles. The highest BCUT2D eigenvalue weighted by Crippen LogP contribution is 2.33. The highest BCUT2D eigenvalue weighted by molar-refractivity contribution is 5.89. The van der Waals surface area contributed by atoms with Crippen molar-refractivity contribution >= 4 is 11.7 Å². The Labute approximate surface area is 190 Å². The molecule has 0 bridgehead atoms. The Hall–Kier alpha value is -2.93. The lowest BCUT2D eigenvalue weighted by atomic mass is 10.0. The van der Waals surface area contributed by atoms with E-state index in [1.165, 1.54) is 19.3 Å². The summed E-state index contributed by atoms with van der Waals surface area (Å²) in [6.07, 6.45) is 4.77. The topological polar surface area (TPSA) is 63.3 Å². The smallest absolute Gasteiger partial charge is 0.322 e. The number of likely N-dealkylation sites (tertiary alicyclic amines) is 1. The zero-order valence-corrected chi connectivity index (χ0v) is 19.0. The van der Waals surface area contributed by atoms with Gasteiger partial charge in [-0.05, 0) is 62.6 Å². The number of nitrogens with one attached hydrogen (secondary N) is 1. The van der Waals surface area contributed by atoms with Gasteiger partial charge in [-0.2, -0.15) is 0 Å².